The number of amides is 1. The van der Waals surface area contributed by atoms with Crippen LogP contribution in [0.2, 0.25) is 0 Å². The first kappa shape index (κ1) is 12.6. The van der Waals surface area contributed by atoms with Gasteiger partial charge in [-0.05, 0) is 30.5 Å². The number of aliphatic hydroxyl groups excluding tert-OH is 1. The molecule has 0 aliphatic heterocycles. The predicted octanol–water partition coefficient (Wildman–Crippen LogP) is 1.26. The molecule has 0 spiro atoms. The van der Waals surface area contributed by atoms with E-state index in [-0.39, 0.29) is 12.5 Å². The second-order valence-corrected chi connectivity index (χ2v) is 4.08. The van der Waals surface area contributed by atoms with Crippen molar-refractivity contribution in [3.63, 3.8) is 0 Å². The summed E-state index contributed by atoms with van der Waals surface area (Å²) >= 11 is 0. The molecule has 0 unspecified atom stereocenters. The molecule has 2 rings (SSSR count). The molecule has 1 aromatic heterocycles. The van der Waals surface area contributed by atoms with E-state index in [1.165, 1.54) is 6.39 Å². The summed E-state index contributed by atoms with van der Waals surface area (Å²) in [7, 11) is 0. The zero-order valence-corrected chi connectivity index (χ0v) is 10.1. The van der Waals surface area contributed by atoms with Crippen molar-refractivity contribution in [3.05, 3.63) is 30.2 Å². The molecule has 0 atom stereocenters. The summed E-state index contributed by atoms with van der Waals surface area (Å²) in [4.78, 5) is 15.4. The van der Waals surface area contributed by atoms with Gasteiger partial charge in [-0.1, -0.05) is 6.07 Å². The Morgan fingerprint density at radius 1 is 1.44 bits per heavy atom. The number of nitrogens with one attached hydrogen (secondary N) is 1. The third-order valence-corrected chi connectivity index (χ3v) is 2.69. The van der Waals surface area contributed by atoms with E-state index in [2.05, 4.69) is 10.3 Å². The van der Waals surface area contributed by atoms with Gasteiger partial charge in [-0.3, -0.25) is 4.79 Å². The minimum absolute atomic E-state index is 0.0233. The lowest BCUT2D eigenvalue weighted by Crippen LogP contribution is -2.25. The number of aliphatic hydroxyl groups is 1. The number of hydrogen-bond donors (Lipinski definition) is 2. The highest BCUT2D eigenvalue weighted by atomic mass is 16.3. The van der Waals surface area contributed by atoms with Gasteiger partial charge in [0.15, 0.2) is 12.0 Å². The monoisotopic (exact) mass is 248 g/mol. The maximum absolute atomic E-state index is 11.3. The number of rotatable bonds is 6. The predicted molar refractivity (Wildman–Crippen MR) is 67.0 cm³/mol. The minimum Gasteiger partial charge on any atom is -0.443 e. The van der Waals surface area contributed by atoms with Gasteiger partial charge in [-0.2, -0.15) is 0 Å². The summed E-state index contributed by atoms with van der Waals surface area (Å²) < 4.78 is 5.21. The number of oxazole rings is 1. The molecule has 1 heterocycles. The van der Waals surface area contributed by atoms with E-state index < -0.39 is 0 Å². The summed E-state index contributed by atoms with van der Waals surface area (Å²) in [5, 5.41) is 11.4. The molecule has 0 saturated heterocycles. The lowest BCUT2D eigenvalue weighted by molar-refractivity contribution is -0.121. The number of benzene rings is 1. The highest BCUT2D eigenvalue weighted by Crippen LogP contribution is 2.14. The SMILES string of the molecule is O=C(CCCO)NCCc1ccc2ncoc2c1. The van der Waals surface area contributed by atoms with Crippen molar-refractivity contribution in [2.75, 3.05) is 13.2 Å². The molecule has 18 heavy (non-hydrogen) atoms. The van der Waals surface area contributed by atoms with Crippen LogP contribution in [0.3, 0.4) is 0 Å². The number of carbonyl (C=O) groups is 1. The first-order chi connectivity index (χ1) is 8.79. The average molecular weight is 248 g/mol. The third-order valence-electron chi connectivity index (χ3n) is 2.69. The number of fused-ring (bicyclic) bond motifs is 1. The van der Waals surface area contributed by atoms with E-state index >= 15 is 0 Å². The molecule has 96 valence electrons. The molecule has 0 radical (unpaired) electrons. The maximum Gasteiger partial charge on any atom is 0.220 e. The topological polar surface area (TPSA) is 75.4 Å². The minimum atomic E-state index is -0.0233. The van der Waals surface area contributed by atoms with Crippen LogP contribution in [0.5, 0.6) is 0 Å². The maximum atomic E-state index is 11.3. The normalized spacial score (nSPS) is 10.7. The Morgan fingerprint density at radius 3 is 3.17 bits per heavy atom. The summed E-state index contributed by atoms with van der Waals surface area (Å²) in [6.45, 7) is 0.638. The van der Waals surface area contributed by atoms with E-state index in [0.29, 0.717) is 19.4 Å². The molecular weight excluding hydrogens is 232 g/mol. The van der Waals surface area contributed by atoms with E-state index in [4.69, 9.17) is 9.52 Å². The van der Waals surface area contributed by atoms with E-state index in [0.717, 1.165) is 23.1 Å². The molecular formula is C13H16N2O3. The van der Waals surface area contributed by atoms with Crippen LogP contribution in [0.15, 0.2) is 29.0 Å². The summed E-state index contributed by atoms with van der Waals surface area (Å²) in [6, 6.07) is 5.81. The summed E-state index contributed by atoms with van der Waals surface area (Å²) in [5.41, 5.74) is 2.70. The Labute approximate surface area is 105 Å². The first-order valence-corrected chi connectivity index (χ1v) is 5.99. The van der Waals surface area contributed by atoms with Crippen LogP contribution in [0.1, 0.15) is 18.4 Å². The van der Waals surface area contributed by atoms with Crippen LogP contribution in [-0.4, -0.2) is 29.1 Å². The van der Waals surface area contributed by atoms with Crippen molar-refractivity contribution in [1.82, 2.24) is 10.3 Å². The third kappa shape index (κ3) is 3.30. The molecule has 0 bridgehead atoms. The summed E-state index contributed by atoms with van der Waals surface area (Å²) in [6.07, 6.45) is 3.06. The fourth-order valence-corrected chi connectivity index (χ4v) is 1.73. The van der Waals surface area contributed by atoms with Crippen molar-refractivity contribution >= 4 is 17.0 Å². The van der Waals surface area contributed by atoms with Crippen molar-refractivity contribution in [2.24, 2.45) is 0 Å². The van der Waals surface area contributed by atoms with Gasteiger partial charge >= 0.3 is 0 Å². The number of carbonyl (C=O) groups excluding carboxylic acids is 1. The van der Waals surface area contributed by atoms with Gasteiger partial charge in [0.25, 0.3) is 0 Å². The standard InChI is InChI=1S/C13H16N2O3/c16-7-1-2-13(17)14-6-5-10-3-4-11-12(8-10)18-9-15-11/h3-4,8-9,16H,1-2,5-7H2,(H,14,17). The number of aromatic nitrogens is 1. The Bertz CT molecular complexity index is 522. The van der Waals surface area contributed by atoms with Crippen LogP contribution in [-0.2, 0) is 11.2 Å². The van der Waals surface area contributed by atoms with Crippen molar-refractivity contribution in [1.29, 1.82) is 0 Å². The zero-order valence-electron chi connectivity index (χ0n) is 10.1. The fraction of sp³-hybridized carbons (Fsp3) is 0.385. The van der Waals surface area contributed by atoms with E-state index in [1.807, 2.05) is 18.2 Å². The molecule has 5 nitrogen and oxygen atoms in total. The van der Waals surface area contributed by atoms with Crippen LogP contribution in [0.25, 0.3) is 11.1 Å². The van der Waals surface area contributed by atoms with Gasteiger partial charge in [0.05, 0.1) is 0 Å². The Balaban J connectivity index is 1.81. The zero-order chi connectivity index (χ0) is 12.8. The molecule has 1 aromatic carbocycles. The highest BCUT2D eigenvalue weighted by Gasteiger charge is 2.02. The van der Waals surface area contributed by atoms with Gasteiger partial charge in [0.1, 0.15) is 5.52 Å². The van der Waals surface area contributed by atoms with E-state index in [1.54, 1.807) is 0 Å². The van der Waals surface area contributed by atoms with Crippen molar-refractivity contribution in [3.8, 4) is 0 Å². The fourth-order valence-electron chi connectivity index (χ4n) is 1.73. The second-order valence-electron chi connectivity index (χ2n) is 4.08. The van der Waals surface area contributed by atoms with Crippen LogP contribution < -0.4 is 5.32 Å². The van der Waals surface area contributed by atoms with Crippen molar-refractivity contribution in [2.45, 2.75) is 19.3 Å². The smallest absolute Gasteiger partial charge is 0.220 e. The van der Waals surface area contributed by atoms with Gasteiger partial charge in [0.2, 0.25) is 5.91 Å². The molecule has 2 aromatic rings. The quantitative estimate of drug-likeness (QED) is 0.807. The molecule has 0 fully saturated rings. The van der Waals surface area contributed by atoms with Gasteiger partial charge in [0, 0.05) is 19.6 Å². The van der Waals surface area contributed by atoms with Crippen LogP contribution in [0, 0.1) is 0 Å². The number of hydrogen-bond acceptors (Lipinski definition) is 4. The number of nitrogens with zero attached hydrogens (tertiary/aromatic N) is 1. The van der Waals surface area contributed by atoms with Gasteiger partial charge in [-0.25, -0.2) is 4.98 Å². The molecule has 0 saturated carbocycles. The first-order valence-electron chi connectivity index (χ1n) is 5.99. The lowest BCUT2D eigenvalue weighted by Gasteiger charge is -2.04. The van der Waals surface area contributed by atoms with Gasteiger partial charge in [-0.15, -0.1) is 0 Å². The van der Waals surface area contributed by atoms with E-state index in [9.17, 15) is 4.79 Å². The summed E-state index contributed by atoms with van der Waals surface area (Å²) in [5.74, 6) is -0.0233. The van der Waals surface area contributed by atoms with Crippen molar-refractivity contribution < 1.29 is 14.3 Å². The van der Waals surface area contributed by atoms with Gasteiger partial charge < -0.3 is 14.8 Å². The molecule has 0 aliphatic rings. The van der Waals surface area contributed by atoms with Crippen LogP contribution in [0.4, 0.5) is 0 Å². The molecule has 0 aliphatic carbocycles. The second kappa shape index (κ2) is 6.16. The molecule has 2 N–H and O–H groups in total. The Kier molecular flexibility index (Phi) is 4.30. The lowest BCUT2D eigenvalue weighted by atomic mass is 10.1. The Hall–Kier alpha value is -1.88. The van der Waals surface area contributed by atoms with Crippen LogP contribution >= 0.6 is 0 Å². The highest BCUT2D eigenvalue weighted by molar-refractivity contribution is 5.76. The average Bonchev–Trinajstić information content (AvgIpc) is 2.83. The molecule has 1 amide bonds. The largest absolute Gasteiger partial charge is 0.443 e. The Morgan fingerprint density at radius 2 is 2.33 bits per heavy atom. The molecule has 5 heteroatoms.